The van der Waals surface area contributed by atoms with E-state index in [1.165, 1.54) is 18.4 Å². The Morgan fingerprint density at radius 3 is 2.30 bits per heavy atom. The zero-order valence-electron chi connectivity index (χ0n) is 15.5. The van der Waals surface area contributed by atoms with Gasteiger partial charge in [0.1, 0.15) is 5.82 Å². The first kappa shape index (κ1) is 20.6. The molecule has 2 aliphatic rings. The second-order valence-electron chi connectivity index (χ2n) is 7.76. The van der Waals surface area contributed by atoms with Crippen molar-refractivity contribution in [2.75, 3.05) is 37.7 Å². The van der Waals surface area contributed by atoms with Crippen molar-refractivity contribution < 1.29 is 9.90 Å². The summed E-state index contributed by atoms with van der Waals surface area (Å²) in [5.41, 5.74) is 2.27. The summed E-state index contributed by atoms with van der Waals surface area (Å²) in [5, 5.41) is 11.4. The molecule has 2 aliphatic heterocycles. The first-order chi connectivity index (χ1) is 12.6. The molecule has 1 aromatic heterocycles. The van der Waals surface area contributed by atoms with Crippen molar-refractivity contribution >= 4 is 46.6 Å². The number of rotatable bonds is 4. The number of likely N-dealkylation sites (tertiary alicyclic amines) is 1. The molecule has 6 nitrogen and oxygen atoms in total. The van der Waals surface area contributed by atoms with Gasteiger partial charge in [-0.15, -0.1) is 0 Å². The molecule has 0 saturated carbocycles. The second kappa shape index (κ2) is 8.95. The summed E-state index contributed by atoms with van der Waals surface area (Å²) < 4.78 is 2.29. The van der Waals surface area contributed by atoms with Crippen molar-refractivity contribution in [2.24, 2.45) is 11.8 Å². The molecular weight excluding hydrogens is 351 g/mol. The quantitative estimate of drug-likeness (QED) is 0.821. The van der Waals surface area contributed by atoms with Crippen LogP contribution in [0.2, 0.25) is 0 Å². The molecule has 7 heteroatoms. The van der Waals surface area contributed by atoms with E-state index in [9.17, 15) is 4.79 Å². The first-order valence-electron chi connectivity index (χ1n) is 9.75. The normalized spacial score (nSPS) is 20.0. The third-order valence-corrected chi connectivity index (χ3v) is 6.16. The zero-order chi connectivity index (χ0) is 18.1. The van der Waals surface area contributed by atoms with Crippen LogP contribution in [0.15, 0.2) is 24.3 Å². The van der Waals surface area contributed by atoms with Crippen LogP contribution in [0.1, 0.15) is 31.5 Å². The van der Waals surface area contributed by atoms with E-state index in [0.717, 1.165) is 62.2 Å². The molecule has 0 bridgehead atoms. The fourth-order valence-corrected chi connectivity index (χ4v) is 4.82. The molecule has 0 aliphatic carbocycles. The minimum absolute atomic E-state index is 0. The molecule has 0 spiro atoms. The fraction of sp³-hybridized carbons (Fsp3) is 0.600. The second-order valence-corrected chi connectivity index (χ2v) is 7.76. The van der Waals surface area contributed by atoms with Crippen LogP contribution in [0, 0.1) is 18.8 Å². The van der Waals surface area contributed by atoms with Crippen LogP contribution in [0.3, 0.4) is 0 Å². The predicted molar refractivity (Wildman–Crippen MR) is 109 cm³/mol. The summed E-state index contributed by atoms with van der Waals surface area (Å²) in [4.78, 5) is 17.6. The van der Waals surface area contributed by atoms with Crippen molar-refractivity contribution in [3.05, 3.63) is 30.1 Å². The summed E-state index contributed by atoms with van der Waals surface area (Å²) in [6, 6.07) is 8.36. The van der Waals surface area contributed by atoms with Gasteiger partial charge in [0, 0.05) is 13.1 Å². The van der Waals surface area contributed by atoms with Gasteiger partial charge in [-0.2, -0.15) is 0 Å². The number of carboxylic acid groups (broad SMARTS) is 1. The number of hydrogen-bond donors (Lipinski definition) is 1. The van der Waals surface area contributed by atoms with Crippen molar-refractivity contribution in [2.45, 2.75) is 32.6 Å². The minimum atomic E-state index is -0.709. The van der Waals surface area contributed by atoms with Gasteiger partial charge in [0.15, 0.2) is 0 Å². The summed E-state index contributed by atoms with van der Waals surface area (Å²) in [6.45, 7) is 6.29. The third kappa shape index (κ3) is 4.50. The molecule has 0 amide bonds. The third-order valence-electron chi connectivity index (χ3n) is 6.16. The molecule has 142 valence electrons. The number of carbonyl (C=O) groups is 1. The summed E-state index contributed by atoms with van der Waals surface area (Å²) in [5.74, 6) is 1.88. The zero-order valence-corrected chi connectivity index (χ0v) is 15.5. The Bertz CT molecular complexity index is 777. The van der Waals surface area contributed by atoms with Crippen LogP contribution in [-0.4, -0.2) is 87.9 Å². The number of aliphatic carboxylic acids is 1. The average molecular weight is 380 g/mol. The number of carboxylic acids is 1. The van der Waals surface area contributed by atoms with E-state index in [2.05, 4.69) is 39.7 Å². The first-order valence-corrected chi connectivity index (χ1v) is 9.75. The Labute approximate surface area is 182 Å². The molecule has 2 aromatic rings. The Balaban J connectivity index is 0.00000210. The van der Waals surface area contributed by atoms with Gasteiger partial charge in [0.05, 0.1) is 17.6 Å². The number of imidazole rings is 1. The SMILES string of the molecule is Cc1nc2ccccc2n1N1CCC(C2CCN(CC(=O)O)CC2)CC1.[NaH]. The Kier molecular flexibility index (Phi) is 6.84. The number of fused-ring (bicyclic) bond motifs is 1. The van der Waals surface area contributed by atoms with Gasteiger partial charge < -0.3 is 10.1 Å². The van der Waals surface area contributed by atoms with E-state index in [1.54, 1.807) is 0 Å². The standard InChI is InChI=1S/C20H28N4O2.Na.H/c1-15-21-18-4-2-3-5-19(18)24(15)23-12-8-17(9-13-23)16-6-10-22(11-7-16)14-20(25)26;;/h2-5,16-17H,6-14H2,1H3,(H,25,26);;. The Morgan fingerprint density at radius 2 is 1.67 bits per heavy atom. The number of para-hydroxylation sites is 2. The van der Waals surface area contributed by atoms with Gasteiger partial charge in [-0.1, -0.05) is 12.1 Å². The summed E-state index contributed by atoms with van der Waals surface area (Å²) >= 11 is 0. The number of piperidine rings is 2. The van der Waals surface area contributed by atoms with Crippen LogP contribution in [0.25, 0.3) is 11.0 Å². The van der Waals surface area contributed by atoms with Crippen LogP contribution >= 0.6 is 0 Å². The van der Waals surface area contributed by atoms with Gasteiger partial charge in [-0.25, -0.2) is 9.66 Å². The summed E-state index contributed by atoms with van der Waals surface area (Å²) in [7, 11) is 0. The van der Waals surface area contributed by atoms with E-state index < -0.39 is 5.97 Å². The van der Waals surface area contributed by atoms with Crippen molar-refractivity contribution in [3.63, 3.8) is 0 Å². The molecule has 0 atom stereocenters. The van der Waals surface area contributed by atoms with E-state index in [1.807, 2.05) is 6.07 Å². The number of aromatic nitrogens is 2. The van der Waals surface area contributed by atoms with E-state index in [0.29, 0.717) is 0 Å². The Morgan fingerprint density at radius 1 is 1.07 bits per heavy atom. The summed E-state index contributed by atoms with van der Waals surface area (Å²) in [6.07, 6.45) is 4.72. The molecule has 27 heavy (non-hydrogen) atoms. The molecule has 3 heterocycles. The van der Waals surface area contributed by atoms with E-state index >= 15 is 0 Å². The molecule has 4 rings (SSSR count). The van der Waals surface area contributed by atoms with Gasteiger partial charge >= 0.3 is 35.5 Å². The van der Waals surface area contributed by atoms with Crippen LogP contribution in [0.5, 0.6) is 0 Å². The van der Waals surface area contributed by atoms with Crippen molar-refractivity contribution in [1.29, 1.82) is 0 Å². The van der Waals surface area contributed by atoms with Crippen LogP contribution in [-0.2, 0) is 4.79 Å². The number of benzene rings is 1. The number of hydrogen-bond acceptors (Lipinski definition) is 4. The van der Waals surface area contributed by atoms with E-state index in [-0.39, 0.29) is 36.1 Å². The average Bonchev–Trinajstić information content (AvgIpc) is 2.98. The van der Waals surface area contributed by atoms with Crippen LogP contribution in [0.4, 0.5) is 0 Å². The molecule has 0 unspecified atom stereocenters. The topological polar surface area (TPSA) is 61.6 Å². The van der Waals surface area contributed by atoms with Crippen LogP contribution < -0.4 is 5.01 Å². The van der Waals surface area contributed by atoms with Gasteiger partial charge in [-0.05, 0) is 69.7 Å². The molecule has 1 N–H and O–H groups in total. The maximum atomic E-state index is 10.9. The monoisotopic (exact) mass is 380 g/mol. The predicted octanol–water partition coefficient (Wildman–Crippen LogP) is 1.84. The maximum absolute atomic E-state index is 10.9. The molecular formula is C20H29N4NaO2. The Hall–Kier alpha value is -1.08. The fourth-order valence-electron chi connectivity index (χ4n) is 4.82. The van der Waals surface area contributed by atoms with Gasteiger partial charge in [0.2, 0.25) is 0 Å². The molecule has 0 radical (unpaired) electrons. The van der Waals surface area contributed by atoms with Crippen molar-refractivity contribution in [1.82, 2.24) is 14.6 Å². The number of nitrogens with zero attached hydrogens (tertiary/aromatic N) is 4. The number of aryl methyl sites for hydroxylation is 1. The molecule has 2 fully saturated rings. The van der Waals surface area contributed by atoms with E-state index in [4.69, 9.17) is 10.1 Å². The molecule has 1 aromatic carbocycles. The molecule has 2 saturated heterocycles. The van der Waals surface area contributed by atoms with Gasteiger partial charge in [0.25, 0.3) is 0 Å². The van der Waals surface area contributed by atoms with Gasteiger partial charge in [-0.3, -0.25) is 9.69 Å². The van der Waals surface area contributed by atoms with Crippen molar-refractivity contribution in [3.8, 4) is 0 Å².